The second-order valence-corrected chi connectivity index (χ2v) is 4.78. The molecule has 2 unspecified atom stereocenters. The van der Waals surface area contributed by atoms with Gasteiger partial charge in [0.15, 0.2) is 11.6 Å². The Morgan fingerprint density at radius 2 is 2.25 bits per heavy atom. The molecule has 1 aliphatic rings. The van der Waals surface area contributed by atoms with Gasteiger partial charge in [-0.05, 0) is 24.1 Å². The first-order valence-corrected chi connectivity index (χ1v) is 6.52. The van der Waals surface area contributed by atoms with Gasteiger partial charge in [-0.3, -0.25) is 0 Å². The molecule has 6 heteroatoms. The molecule has 0 saturated carbocycles. The van der Waals surface area contributed by atoms with Gasteiger partial charge in [-0.15, -0.1) is 0 Å². The van der Waals surface area contributed by atoms with Gasteiger partial charge in [0.05, 0.1) is 12.6 Å². The molecule has 1 aromatic carbocycles. The minimum absolute atomic E-state index is 0.0601. The maximum Gasteiger partial charge on any atom is 0.159 e. The Bertz CT molecular complexity index is 574. The summed E-state index contributed by atoms with van der Waals surface area (Å²) >= 11 is 0. The van der Waals surface area contributed by atoms with E-state index in [1.54, 1.807) is 18.5 Å². The summed E-state index contributed by atoms with van der Waals surface area (Å²) in [5, 5.41) is 3.33. The highest BCUT2D eigenvalue weighted by atomic mass is 19.2. The Kier molecular flexibility index (Phi) is 3.75. The number of rotatable bonds is 4. The summed E-state index contributed by atoms with van der Waals surface area (Å²) in [6, 6.07) is 3.96. The number of hydrogen-bond donors (Lipinski definition) is 2. The zero-order valence-electron chi connectivity index (χ0n) is 10.8. The zero-order chi connectivity index (χ0) is 13.9. The number of nitrogens with one attached hydrogen (secondary N) is 2. The summed E-state index contributed by atoms with van der Waals surface area (Å²) in [5.41, 5.74) is 0.651. The van der Waals surface area contributed by atoms with Crippen molar-refractivity contribution in [2.75, 3.05) is 6.61 Å². The van der Waals surface area contributed by atoms with Gasteiger partial charge in [-0.25, -0.2) is 13.8 Å². The normalized spacial score (nSPS) is 22.3. The number of imidazole rings is 1. The van der Waals surface area contributed by atoms with Gasteiger partial charge in [-0.2, -0.15) is 0 Å². The average Bonchev–Trinajstić information content (AvgIpc) is 3.10. The number of ether oxygens (including phenoxy) is 1. The number of H-pyrrole nitrogens is 1. The van der Waals surface area contributed by atoms with E-state index < -0.39 is 11.6 Å². The lowest BCUT2D eigenvalue weighted by Crippen LogP contribution is -2.31. The predicted molar refractivity (Wildman–Crippen MR) is 68.9 cm³/mol. The van der Waals surface area contributed by atoms with E-state index >= 15 is 0 Å². The molecule has 1 saturated heterocycles. The van der Waals surface area contributed by atoms with Crippen LogP contribution in [0.1, 0.15) is 23.9 Å². The number of hydrogen-bond acceptors (Lipinski definition) is 3. The molecule has 4 nitrogen and oxygen atoms in total. The van der Waals surface area contributed by atoms with E-state index in [0.29, 0.717) is 18.7 Å². The second kappa shape index (κ2) is 5.68. The highest BCUT2D eigenvalue weighted by Gasteiger charge is 2.29. The highest BCUT2D eigenvalue weighted by Crippen LogP contribution is 2.30. The van der Waals surface area contributed by atoms with Gasteiger partial charge in [0.1, 0.15) is 5.82 Å². The van der Waals surface area contributed by atoms with Crippen LogP contribution in [0.5, 0.6) is 0 Å². The second-order valence-electron chi connectivity index (χ2n) is 4.78. The SMILES string of the molecule is Fc1ccc(C2OCCC2NCc2ncc[nH]2)cc1F. The topological polar surface area (TPSA) is 49.9 Å². The summed E-state index contributed by atoms with van der Waals surface area (Å²) in [4.78, 5) is 7.14. The van der Waals surface area contributed by atoms with Crippen molar-refractivity contribution in [2.45, 2.75) is 25.1 Å². The molecule has 0 aliphatic carbocycles. The fourth-order valence-corrected chi connectivity index (χ4v) is 2.44. The lowest BCUT2D eigenvalue weighted by Gasteiger charge is -2.20. The van der Waals surface area contributed by atoms with Crippen LogP contribution in [-0.2, 0) is 11.3 Å². The number of halogens is 2. The zero-order valence-corrected chi connectivity index (χ0v) is 10.8. The predicted octanol–water partition coefficient (Wildman–Crippen LogP) is 2.31. The third-order valence-electron chi connectivity index (χ3n) is 3.45. The molecule has 2 atom stereocenters. The van der Waals surface area contributed by atoms with Crippen molar-refractivity contribution in [1.29, 1.82) is 0 Å². The monoisotopic (exact) mass is 279 g/mol. The van der Waals surface area contributed by atoms with Crippen LogP contribution in [-0.4, -0.2) is 22.6 Å². The van der Waals surface area contributed by atoms with Crippen molar-refractivity contribution in [3.05, 3.63) is 53.6 Å². The fraction of sp³-hybridized carbons (Fsp3) is 0.357. The van der Waals surface area contributed by atoms with Crippen LogP contribution in [0.15, 0.2) is 30.6 Å². The van der Waals surface area contributed by atoms with Crippen LogP contribution in [0.4, 0.5) is 8.78 Å². The van der Waals surface area contributed by atoms with E-state index in [1.165, 1.54) is 6.07 Å². The van der Waals surface area contributed by atoms with Gasteiger partial charge in [0.2, 0.25) is 0 Å². The van der Waals surface area contributed by atoms with E-state index in [2.05, 4.69) is 15.3 Å². The molecule has 20 heavy (non-hydrogen) atoms. The lowest BCUT2D eigenvalue weighted by atomic mass is 10.0. The number of aromatic amines is 1. The molecule has 0 amide bonds. The smallest absolute Gasteiger partial charge is 0.159 e. The van der Waals surface area contributed by atoms with Crippen LogP contribution < -0.4 is 5.32 Å². The summed E-state index contributed by atoms with van der Waals surface area (Å²) in [5.74, 6) is -0.851. The molecule has 106 valence electrons. The lowest BCUT2D eigenvalue weighted by molar-refractivity contribution is 0.0980. The first kappa shape index (κ1) is 13.2. The summed E-state index contributed by atoms with van der Waals surface area (Å²) in [6.07, 6.45) is 4.01. The first-order valence-electron chi connectivity index (χ1n) is 6.52. The Morgan fingerprint density at radius 1 is 1.35 bits per heavy atom. The van der Waals surface area contributed by atoms with Gasteiger partial charge in [0.25, 0.3) is 0 Å². The van der Waals surface area contributed by atoms with Crippen molar-refractivity contribution < 1.29 is 13.5 Å². The summed E-state index contributed by atoms with van der Waals surface area (Å²) < 4.78 is 31.9. The quantitative estimate of drug-likeness (QED) is 0.903. The standard InChI is InChI=1S/C14H15F2N3O/c15-10-2-1-9(7-11(10)16)14-12(3-6-20-14)19-8-13-17-4-5-18-13/h1-2,4-5,7,12,14,19H,3,6,8H2,(H,17,18). The molecule has 2 heterocycles. The van der Waals surface area contributed by atoms with E-state index in [9.17, 15) is 8.78 Å². The minimum Gasteiger partial charge on any atom is -0.372 e. The van der Waals surface area contributed by atoms with E-state index in [1.807, 2.05) is 0 Å². The first-order chi connectivity index (χ1) is 9.74. The van der Waals surface area contributed by atoms with Gasteiger partial charge in [-0.1, -0.05) is 6.07 Å². The molecule has 1 fully saturated rings. The van der Waals surface area contributed by atoms with Crippen LogP contribution in [0, 0.1) is 11.6 Å². The van der Waals surface area contributed by atoms with Crippen LogP contribution in [0.25, 0.3) is 0 Å². The molecule has 2 aromatic rings. The van der Waals surface area contributed by atoms with E-state index in [0.717, 1.165) is 18.3 Å². The molecule has 1 aromatic heterocycles. The van der Waals surface area contributed by atoms with Crippen molar-refractivity contribution in [1.82, 2.24) is 15.3 Å². The maximum absolute atomic E-state index is 13.3. The number of benzene rings is 1. The van der Waals surface area contributed by atoms with Gasteiger partial charge >= 0.3 is 0 Å². The third-order valence-corrected chi connectivity index (χ3v) is 3.45. The molecular formula is C14H15F2N3O. The molecule has 0 spiro atoms. The summed E-state index contributed by atoms with van der Waals surface area (Å²) in [6.45, 7) is 1.18. The van der Waals surface area contributed by atoms with Crippen LogP contribution in [0.2, 0.25) is 0 Å². The molecule has 2 N–H and O–H groups in total. The van der Waals surface area contributed by atoms with Gasteiger partial charge in [0, 0.05) is 25.0 Å². The van der Waals surface area contributed by atoms with E-state index in [4.69, 9.17) is 4.74 Å². The third kappa shape index (κ3) is 2.71. The number of aromatic nitrogens is 2. The number of nitrogens with zero attached hydrogens (tertiary/aromatic N) is 1. The molecule has 0 radical (unpaired) electrons. The Labute approximate surface area is 115 Å². The maximum atomic E-state index is 13.3. The highest BCUT2D eigenvalue weighted by molar-refractivity contribution is 5.22. The molecular weight excluding hydrogens is 264 g/mol. The van der Waals surface area contributed by atoms with Gasteiger partial charge < -0.3 is 15.0 Å². The van der Waals surface area contributed by atoms with Crippen molar-refractivity contribution in [3.8, 4) is 0 Å². The van der Waals surface area contributed by atoms with E-state index in [-0.39, 0.29) is 12.1 Å². The molecule has 3 rings (SSSR count). The Hall–Kier alpha value is -1.79. The fourth-order valence-electron chi connectivity index (χ4n) is 2.44. The van der Waals surface area contributed by atoms with Crippen LogP contribution in [0.3, 0.4) is 0 Å². The summed E-state index contributed by atoms with van der Waals surface area (Å²) in [7, 11) is 0. The van der Waals surface area contributed by atoms with Crippen molar-refractivity contribution >= 4 is 0 Å². The van der Waals surface area contributed by atoms with Crippen molar-refractivity contribution in [2.24, 2.45) is 0 Å². The molecule has 1 aliphatic heterocycles. The molecule has 0 bridgehead atoms. The Balaban J connectivity index is 1.69. The Morgan fingerprint density at radius 3 is 3.00 bits per heavy atom. The largest absolute Gasteiger partial charge is 0.372 e. The average molecular weight is 279 g/mol. The minimum atomic E-state index is -0.845. The van der Waals surface area contributed by atoms with Crippen molar-refractivity contribution in [3.63, 3.8) is 0 Å². The van der Waals surface area contributed by atoms with Crippen LogP contribution >= 0.6 is 0 Å².